The summed E-state index contributed by atoms with van der Waals surface area (Å²) in [6.45, 7) is 4.05. The van der Waals surface area contributed by atoms with Crippen molar-refractivity contribution in [3.63, 3.8) is 0 Å². The fraction of sp³-hybridized carbons (Fsp3) is 0.278. The second kappa shape index (κ2) is 7.50. The highest BCUT2D eigenvalue weighted by atomic mass is 16.5. The molecule has 0 saturated heterocycles. The van der Waals surface area contributed by atoms with Gasteiger partial charge < -0.3 is 14.8 Å². The fourth-order valence-electron chi connectivity index (χ4n) is 2.35. The van der Waals surface area contributed by atoms with Gasteiger partial charge in [-0.15, -0.1) is 0 Å². The third kappa shape index (κ3) is 3.79. The van der Waals surface area contributed by atoms with Gasteiger partial charge in [-0.2, -0.15) is 0 Å². The number of allylic oxidation sites excluding steroid dienone is 1. The molecule has 0 aliphatic heterocycles. The summed E-state index contributed by atoms with van der Waals surface area (Å²) in [5.41, 5.74) is 1.76. The van der Waals surface area contributed by atoms with E-state index < -0.39 is 0 Å². The van der Waals surface area contributed by atoms with Gasteiger partial charge >= 0.3 is 0 Å². The van der Waals surface area contributed by atoms with Crippen molar-refractivity contribution in [1.29, 1.82) is 0 Å². The number of aryl methyl sites for hydroxylation is 2. The molecule has 0 spiro atoms. The van der Waals surface area contributed by atoms with E-state index in [-0.39, 0.29) is 16.9 Å². The summed E-state index contributed by atoms with van der Waals surface area (Å²) in [7, 11) is 0. The molecule has 0 atom stereocenters. The fourth-order valence-corrected chi connectivity index (χ4v) is 2.35. The molecule has 1 heterocycles. The largest absolute Gasteiger partial charge is 0.507 e. The number of aromatic hydroxyl groups is 1. The Morgan fingerprint density at radius 2 is 2.00 bits per heavy atom. The molecule has 0 unspecified atom stereocenters. The van der Waals surface area contributed by atoms with E-state index in [1.54, 1.807) is 19.1 Å². The monoisotopic (exact) mass is 299 g/mol. The summed E-state index contributed by atoms with van der Waals surface area (Å²) < 4.78 is 5.39. The first-order valence-electron chi connectivity index (χ1n) is 7.44. The summed E-state index contributed by atoms with van der Waals surface area (Å²) in [5, 5.41) is 10.2. The Kier molecular flexibility index (Phi) is 5.42. The van der Waals surface area contributed by atoms with E-state index in [2.05, 4.69) is 4.98 Å². The van der Waals surface area contributed by atoms with Gasteiger partial charge in [-0.1, -0.05) is 30.3 Å². The summed E-state index contributed by atoms with van der Waals surface area (Å²) in [4.78, 5) is 15.0. The number of hydrogen-bond donors (Lipinski definition) is 2. The van der Waals surface area contributed by atoms with Crippen LogP contribution in [0.3, 0.4) is 0 Å². The van der Waals surface area contributed by atoms with Crippen LogP contribution < -0.4 is 5.56 Å². The topological polar surface area (TPSA) is 62.3 Å². The number of ether oxygens (including phenoxy) is 1. The Bertz CT molecular complexity index is 702. The number of hydrogen-bond acceptors (Lipinski definition) is 3. The first-order valence-corrected chi connectivity index (χ1v) is 7.44. The molecule has 0 radical (unpaired) electrons. The third-order valence-corrected chi connectivity index (χ3v) is 3.40. The summed E-state index contributed by atoms with van der Waals surface area (Å²) in [6.07, 6.45) is 3.14. The van der Waals surface area contributed by atoms with Crippen LogP contribution in [0.5, 0.6) is 5.75 Å². The minimum Gasteiger partial charge on any atom is -0.507 e. The number of rotatable bonds is 6. The van der Waals surface area contributed by atoms with E-state index in [1.807, 2.05) is 37.3 Å². The molecule has 2 N–H and O–H groups in total. The maximum Gasteiger partial charge on any atom is 0.262 e. The van der Waals surface area contributed by atoms with E-state index in [0.717, 1.165) is 6.42 Å². The highest BCUT2D eigenvalue weighted by Crippen LogP contribution is 2.23. The zero-order valence-corrected chi connectivity index (χ0v) is 12.9. The highest BCUT2D eigenvalue weighted by molar-refractivity contribution is 5.64. The van der Waals surface area contributed by atoms with Gasteiger partial charge in [0.15, 0.2) is 0 Å². The molecular weight excluding hydrogens is 278 g/mol. The second-order valence-electron chi connectivity index (χ2n) is 4.96. The lowest BCUT2D eigenvalue weighted by Crippen LogP contribution is -2.15. The predicted octanol–water partition coefficient (Wildman–Crippen LogP) is 3.26. The first-order chi connectivity index (χ1) is 10.7. The molecule has 0 aliphatic rings. The van der Waals surface area contributed by atoms with E-state index in [9.17, 15) is 9.90 Å². The van der Waals surface area contributed by atoms with Crippen molar-refractivity contribution in [2.45, 2.75) is 26.7 Å². The van der Waals surface area contributed by atoms with Crippen LogP contribution in [0, 0.1) is 0 Å². The number of benzene rings is 1. The van der Waals surface area contributed by atoms with Gasteiger partial charge in [-0.3, -0.25) is 4.79 Å². The molecule has 0 fully saturated rings. The zero-order chi connectivity index (χ0) is 15.9. The number of pyridine rings is 1. The van der Waals surface area contributed by atoms with Gasteiger partial charge in [-0.25, -0.2) is 0 Å². The lowest BCUT2D eigenvalue weighted by Gasteiger charge is -2.11. The van der Waals surface area contributed by atoms with Crippen molar-refractivity contribution < 1.29 is 9.84 Å². The molecule has 0 amide bonds. The average molecular weight is 299 g/mol. The third-order valence-electron chi connectivity index (χ3n) is 3.40. The SMILES string of the molecule is C/C=C(\OCC)c1c(O)cc(CCc2ccccc2)[nH]c1=O. The number of H-pyrrole nitrogens is 1. The Morgan fingerprint density at radius 3 is 2.59 bits per heavy atom. The van der Waals surface area contributed by atoms with Crippen LogP contribution in [0.2, 0.25) is 0 Å². The second-order valence-corrected chi connectivity index (χ2v) is 4.96. The molecule has 0 bridgehead atoms. The number of aromatic nitrogens is 1. The average Bonchev–Trinajstić information content (AvgIpc) is 2.52. The van der Waals surface area contributed by atoms with E-state index in [1.165, 1.54) is 5.56 Å². The van der Waals surface area contributed by atoms with Crippen molar-refractivity contribution in [2.75, 3.05) is 6.61 Å². The van der Waals surface area contributed by atoms with E-state index >= 15 is 0 Å². The van der Waals surface area contributed by atoms with Crippen molar-refractivity contribution in [3.8, 4) is 5.75 Å². The van der Waals surface area contributed by atoms with Crippen molar-refractivity contribution in [3.05, 3.63) is 69.6 Å². The summed E-state index contributed by atoms with van der Waals surface area (Å²) >= 11 is 0. The van der Waals surface area contributed by atoms with Gasteiger partial charge in [0.1, 0.15) is 17.1 Å². The highest BCUT2D eigenvalue weighted by Gasteiger charge is 2.14. The number of nitrogens with one attached hydrogen (secondary N) is 1. The van der Waals surface area contributed by atoms with Crippen molar-refractivity contribution in [1.82, 2.24) is 4.98 Å². The minimum atomic E-state index is -0.329. The zero-order valence-electron chi connectivity index (χ0n) is 12.9. The first kappa shape index (κ1) is 15.9. The molecule has 116 valence electrons. The minimum absolute atomic E-state index is 0.0478. The van der Waals surface area contributed by atoms with Crippen molar-refractivity contribution in [2.24, 2.45) is 0 Å². The van der Waals surface area contributed by atoms with Crippen LogP contribution in [0.25, 0.3) is 5.76 Å². The lowest BCUT2D eigenvalue weighted by atomic mass is 10.1. The molecule has 1 aromatic carbocycles. The van der Waals surface area contributed by atoms with Gasteiger partial charge in [-0.05, 0) is 38.3 Å². The maximum atomic E-state index is 12.2. The molecular formula is C18H21NO3. The predicted molar refractivity (Wildman–Crippen MR) is 87.9 cm³/mol. The maximum absolute atomic E-state index is 12.2. The molecule has 1 aromatic heterocycles. The van der Waals surface area contributed by atoms with Gasteiger partial charge in [0.2, 0.25) is 0 Å². The lowest BCUT2D eigenvalue weighted by molar-refractivity contribution is 0.295. The molecule has 2 aromatic rings. The van der Waals surface area contributed by atoms with Crippen LogP contribution in [0.4, 0.5) is 0 Å². The van der Waals surface area contributed by atoms with Gasteiger partial charge in [0, 0.05) is 11.8 Å². The van der Waals surface area contributed by atoms with Crippen LogP contribution in [0.15, 0.2) is 47.3 Å². The Balaban J connectivity index is 2.21. The van der Waals surface area contributed by atoms with Crippen LogP contribution in [-0.2, 0) is 17.6 Å². The van der Waals surface area contributed by atoms with E-state index in [0.29, 0.717) is 24.5 Å². The van der Waals surface area contributed by atoms with Gasteiger partial charge in [0.25, 0.3) is 5.56 Å². The van der Waals surface area contributed by atoms with Gasteiger partial charge in [0.05, 0.1) is 6.61 Å². The molecule has 4 nitrogen and oxygen atoms in total. The van der Waals surface area contributed by atoms with Crippen LogP contribution >= 0.6 is 0 Å². The smallest absolute Gasteiger partial charge is 0.262 e. The summed E-state index contributed by atoms with van der Waals surface area (Å²) in [5.74, 6) is 0.351. The molecule has 0 aliphatic carbocycles. The van der Waals surface area contributed by atoms with Crippen LogP contribution in [-0.4, -0.2) is 16.7 Å². The van der Waals surface area contributed by atoms with E-state index in [4.69, 9.17) is 4.74 Å². The quantitative estimate of drug-likeness (QED) is 0.805. The summed E-state index contributed by atoms with van der Waals surface area (Å²) in [6, 6.07) is 11.6. The molecule has 0 saturated carbocycles. The van der Waals surface area contributed by atoms with Crippen molar-refractivity contribution >= 4 is 5.76 Å². The Morgan fingerprint density at radius 1 is 1.27 bits per heavy atom. The molecule has 4 heteroatoms. The molecule has 2 rings (SSSR count). The Hall–Kier alpha value is -2.49. The Labute approximate surface area is 130 Å². The molecule has 22 heavy (non-hydrogen) atoms. The standard InChI is InChI=1S/C18H21NO3/c1-3-16(22-4-2)17-15(20)12-14(19-18(17)21)11-10-13-8-6-5-7-9-13/h3,5-9,12H,4,10-11H2,1-2H3,(H2,19,20,21)/b16-3-. The number of aromatic amines is 1. The normalized spacial score (nSPS) is 11.5. The van der Waals surface area contributed by atoms with Crippen LogP contribution in [0.1, 0.15) is 30.7 Å².